The van der Waals surface area contributed by atoms with Crippen molar-refractivity contribution in [2.75, 3.05) is 0 Å². The zero-order valence-electron chi connectivity index (χ0n) is 10.1. The van der Waals surface area contributed by atoms with Crippen LogP contribution in [0.3, 0.4) is 0 Å². The van der Waals surface area contributed by atoms with Gasteiger partial charge in [0.25, 0.3) is 0 Å². The molecule has 0 aliphatic rings. The van der Waals surface area contributed by atoms with E-state index in [4.69, 9.17) is 24.4 Å². The average molecular weight is 321 g/mol. The lowest BCUT2D eigenvalue weighted by molar-refractivity contribution is 1.43. The lowest BCUT2D eigenvalue weighted by atomic mass is 10.2. The molecule has 2 rings (SSSR count). The first-order valence-corrected chi connectivity index (χ1v) is 7.96. The van der Waals surface area contributed by atoms with Gasteiger partial charge in [-0.25, -0.2) is 0 Å². The van der Waals surface area contributed by atoms with Crippen molar-refractivity contribution < 1.29 is 0 Å². The summed E-state index contributed by atoms with van der Waals surface area (Å²) < 4.78 is 1.51. The van der Waals surface area contributed by atoms with Gasteiger partial charge < -0.3 is 0 Å². The van der Waals surface area contributed by atoms with Crippen molar-refractivity contribution in [2.24, 2.45) is 0 Å². The van der Waals surface area contributed by atoms with Gasteiger partial charge in [0.2, 0.25) is 0 Å². The Hall–Kier alpha value is -0.680. The molecule has 0 aromatic heterocycles. The van der Waals surface area contributed by atoms with Gasteiger partial charge in [0, 0.05) is 5.75 Å². The van der Waals surface area contributed by atoms with Gasteiger partial charge in [0.05, 0.1) is 8.39 Å². The fraction of sp³-hybridized carbons (Fsp3) is 0.0667. The van der Waals surface area contributed by atoms with E-state index in [1.807, 2.05) is 42.5 Å². The number of rotatable bonds is 4. The van der Waals surface area contributed by atoms with Crippen LogP contribution in [0.2, 0.25) is 0 Å². The van der Waals surface area contributed by atoms with E-state index in [-0.39, 0.29) is 0 Å². The van der Waals surface area contributed by atoms with E-state index in [0.29, 0.717) is 4.20 Å². The quantitative estimate of drug-likeness (QED) is 0.629. The first kappa shape index (κ1) is 14.7. The Morgan fingerprint density at radius 3 is 2.05 bits per heavy atom. The maximum atomic E-state index is 5.44. The van der Waals surface area contributed by atoms with Crippen LogP contribution in [0.5, 0.6) is 0 Å². The molecule has 0 radical (unpaired) electrons. The molecule has 4 heteroatoms. The van der Waals surface area contributed by atoms with Crippen LogP contribution < -0.4 is 0 Å². The summed E-state index contributed by atoms with van der Waals surface area (Å²) in [6.07, 6.45) is 0. The molecule has 0 atom stereocenters. The van der Waals surface area contributed by atoms with Gasteiger partial charge in [-0.2, -0.15) is 0 Å². The number of hydrogen-bond donors (Lipinski definition) is 1. The summed E-state index contributed by atoms with van der Waals surface area (Å²) in [6, 6.07) is 18.2. The summed E-state index contributed by atoms with van der Waals surface area (Å²) in [5.41, 5.74) is 3.30. The third-order valence-corrected chi connectivity index (χ3v) is 4.64. The first-order chi connectivity index (χ1) is 9.16. The van der Waals surface area contributed by atoms with Crippen LogP contribution in [0.4, 0.5) is 0 Å². The number of hydrogen-bond acceptors (Lipinski definition) is 3. The molecule has 0 unspecified atom stereocenters. The Morgan fingerprint density at radius 2 is 1.47 bits per heavy atom. The standard InChI is InChI=1S/C15H12S4/c16-14(17)12-6-8-13(9-7-12)15(18)19-10-11-4-2-1-3-5-11/h1-9H,10H2,(H,16,17). The van der Waals surface area contributed by atoms with Crippen molar-refractivity contribution >= 4 is 57.2 Å². The minimum Gasteiger partial charge on any atom is -0.131 e. The highest BCUT2D eigenvalue weighted by atomic mass is 32.2. The monoisotopic (exact) mass is 320 g/mol. The van der Waals surface area contributed by atoms with Crippen molar-refractivity contribution in [3.05, 3.63) is 71.3 Å². The van der Waals surface area contributed by atoms with E-state index >= 15 is 0 Å². The number of thiocarbonyl (C=S) groups is 2. The van der Waals surface area contributed by atoms with Crippen LogP contribution in [0.25, 0.3) is 0 Å². The molecule has 0 N–H and O–H groups in total. The van der Waals surface area contributed by atoms with Gasteiger partial charge in [0.1, 0.15) is 0 Å². The minimum atomic E-state index is 0.606. The largest absolute Gasteiger partial charge is 0.131 e. The normalized spacial score (nSPS) is 10.2. The molecule has 19 heavy (non-hydrogen) atoms. The number of thioether (sulfide) groups is 1. The molecule has 0 saturated carbocycles. The highest BCUT2D eigenvalue weighted by Crippen LogP contribution is 2.20. The topological polar surface area (TPSA) is 0 Å². The second-order valence-electron chi connectivity index (χ2n) is 3.94. The molecule has 0 fully saturated rings. The molecule has 0 amide bonds. The summed E-state index contributed by atoms with van der Waals surface area (Å²) in [6.45, 7) is 0. The Morgan fingerprint density at radius 1 is 0.895 bits per heavy atom. The van der Waals surface area contributed by atoms with Gasteiger partial charge >= 0.3 is 0 Å². The molecule has 0 aliphatic heterocycles. The van der Waals surface area contributed by atoms with Gasteiger partial charge in [-0.15, -0.1) is 24.4 Å². The van der Waals surface area contributed by atoms with Crippen LogP contribution in [0, 0.1) is 0 Å². The Balaban J connectivity index is 1.98. The maximum Gasteiger partial charge on any atom is 0.0781 e. The molecular weight excluding hydrogens is 308 g/mol. The van der Waals surface area contributed by atoms with Crippen molar-refractivity contribution in [2.45, 2.75) is 5.75 Å². The lowest BCUT2D eigenvalue weighted by Crippen LogP contribution is -1.94. The zero-order valence-corrected chi connectivity index (χ0v) is 13.4. The third kappa shape index (κ3) is 4.42. The Labute approximate surface area is 134 Å². The van der Waals surface area contributed by atoms with Crippen LogP contribution in [0.15, 0.2) is 54.6 Å². The highest BCUT2D eigenvalue weighted by Gasteiger charge is 2.03. The predicted molar refractivity (Wildman–Crippen MR) is 96.6 cm³/mol. The van der Waals surface area contributed by atoms with Crippen LogP contribution >= 0.6 is 48.8 Å². The van der Waals surface area contributed by atoms with Crippen molar-refractivity contribution in [1.82, 2.24) is 0 Å². The van der Waals surface area contributed by atoms with Crippen LogP contribution in [0.1, 0.15) is 16.7 Å². The van der Waals surface area contributed by atoms with Crippen LogP contribution in [-0.4, -0.2) is 8.39 Å². The summed E-state index contributed by atoms with van der Waals surface area (Å²) in [5, 5.41) is 0. The molecule has 0 aliphatic carbocycles. The average Bonchev–Trinajstić information content (AvgIpc) is 2.46. The maximum absolute atomic E-state index is 5.44. The van der Waals surface area contributed by atoms with Gasteiger partial charge in [-0.1, -0.05) is 79.0 Å². The molecule has 96 valence electrons. The molecule has 2 aromatic rings. The van der Waals surface area contributed by atoms with E-state index in [0.717, 1.165) is 21.1 Å². The van der Waals surface area contributed by atoms with Gasteiger partial charge in [-0.05, 0) is 16.7 Å². The predicted octanol–water partition coefficient (Wildman–Crippen LogP) is 4.90. The molecule has 0 saturated heterocycles. The van der Waals surface area contributed by atoms with E-state index in [1.165, 1.54) is 5.56 Å². The summed E-state index contributed by atoms with van der Waals surface area (Å²) in [4.78, 5) is 0. The molecule has 2 aromatic carbocycles. The summed E-state index contributed by atoms with van der Waals surface area (Å²) in [5.74, 6) is 0.895. The minimum absolute atomic E-state index is 0.606. The second-order valence-corrected chi connectivity index (χ2v) is 6.75. The van der Waals surface area contributed by atoms with E-state index in [9.17, 15) is 0 Å². The fourth-order valence-electron chi connectivity index (χ4n) is 1.56. The summed E-state index contributed by atoms with van der Waals surface area (Å²) in [7, 11) is 0. The highest BCUT2D eigenvalue weighted by molar-refractivity contribution is 8.23. The zero-order chi connectivity index (χ0) is 13.7. The third-order valence-electron chi connectivity index (χ3n) is 2.58. The molecule has 0 heterocycles. The molecule has 0 nitrogen and oxygen atoms in total. The Kier molecular flexibility index (Phi) is 5.58. The lowest BCUT2D eigenvalue weighted by Gasteiger charge is -2.05. The molecule has 0 spiro atoms. The number of benzene rings is 2. The van der Waals surface area contributed by atoms with Crippen molar-refractivity contribution in [3.8, 4) is 0 Å². The van der Waals surface area contributed by atoms with Crippen molar-refractivity contribution in [3.63, 3.8) is 0 Å². The number of thiol groups is 1. The second kappa shape index (κ2) is 7.20. The Bertz CT molecular complexity index is 573. The van der Waals surface area contributed by atoms with Crippen molar-refractivity contribution in [1.29, 1.82) is 0 Å². The SMILES string of the molecule is S=C(S)c1ccc(C(=S)SCc2ccccc2)cc1. The van der Waals surface area contributed by atoms with Gasteiger partial charge in [-0.3, -0.25) is 0 Å². The first-order valence-electron chi connectivity index (χ1n) is 5.71. The van der Waals surface area contributed by atoms with Crippen LogP contribution in [-0.2, 0) is 5.75 Å². The van der Waals surface area contributed by atoms with E-state index in [1.54, 1.807) is 11.8 Å². The van der Waals surface area contributed by atoms with E-state index in [2.05, 4.69) is 24.8 Å². The molecular formula is C15H12S4. The molecule has 0 bridgehead atoms. The summed E-state index contributed by atoms with van der Waals surface area (Å²) >= 11 is 16.3. The van der Waals surface area contributed by atoms with Gasteiger partial charge in [0.15, 0.2) is 0 Å². The smallest absolute Gasteiger partial charge is 0.0781 e. The fourth-order valence-corrected chi connectivity index (χ4v) is 2.95. The van der Waals surface area contributed by atoms with E-state index < -0.39 is 0 Å².